The Morgan fingerprint density at radius 1 is 1.04 bits per heavy atom. The number of nitrogens with one attached hydrogen (secondary N) is 1. The van der Waals surface area contributed by atoms with Gasteiger partial charge in [-0.25, -0.2) is 0 Å². The third kappa shape index (κ3) is 7.13. The first-order valence-electron chi connectivity index (χ1n) is 7.24. The normalized spacial score (nSPS) is 11.0. The van der Waals surface area contributed by atoms with E-state index in [1.807, 2.05) is 30.3 Å². The number of ether oxygens (including phenoxy) is 1. The van der Waals surface area contributed by atoms with Crippen molar-refractivity contribution in [3.8, 4) is 5.75 Å². The molecule has 0 atom stereocenters. The number of benzene rings is 2. The first-order valence-corrected chi connectivity index (χ1v) is 8.41. The van der Waals surface area contributed by atoms with Gasteiger partial charge < -0.3 is 10.1 Å². The molecular weight excluding hydrogens is 397 g/mol. The van der Waals surface area contributed by atoms with Gasteiger partial charge in [0.1, 0.15) is 12.4 Å². The highest BCUT2D eigenvalue weighted by Crippen LogP contribution is 2.27. The summed E-state index contributed by atoms with van der Waals surface area (Å²) in [4.78, 5) is 0. The zero-order chi connectivity index (χ0) is 16.2. The molecule has 126 valence electrons. The van der Waals surface area contributed by atoms with Crippen molar-refractivity contribution in [1.29, 1.82) is 0 Å². The number of hydrogen-bond acceptors (Lipinski definition) is 2. The van der Waals surface area contributed by atoms with E-state index in [2.05, 4.69) is 54.2 Å². The molecule has 23 heavy (non-hydrogen) atoms. The molecule has 0 radical (unpaired) electrons. The average Bonchev–Trinajstić information content (AvgIpc) is 2.45. The Morgan fingerprint density at radius 3 is 2.22 bits per heavy atom. The van der Waals surface area contributed by atoms with Crippen LogP contribution in [0.4, 0.5) is 0 Å². The van der Waals surface area contributed by atoms with Gasteiger partial charge in [0.05, 0.1) is 4.47 Å². The standard InChI is InChI=1S/C18H21BrClNO.ClH/c1-18(2,3)21-11-14-6-9-17(16(19)10-14)22-12-13-4-7-15(20)8-5-13;/h4-10,21H,11-12H2,1-3H3;1H. The average molecular weight is 419 g/mol. The molecule has 0 saturated heterocycles. The lowest BCUT2D eigenvalue weighted by atomic mass is 10.1. The number of rotatable bonds is 5. The fourth-order valence-corrected chi connectivity index (χ4v) is 2.55. The molecule has 2 aromatic rings. The van der Waals surface area contributed by atoms with Gasteiger partial charge in [-0.2, -0.15) is 0 Å². The first-order chi connectivity index (χ1) is 10.3. The summed E-state index contributed by atoms with van der Waals surface area (Å²) in [5.74, 6) is 0.842. The molecule has 0 aromatic heterocycles. The highest BCUT2D eigenvalue weighted by Gasteiger charge is 2.09. The predicted octanol–water partition coefficient (Wildman–Crippen LogP) is 5.99. The molecule has 2 rings (SSSR count). The van der Waals surface area contributed by atoms with Gasteiger partial charge in [0.15, 0.2) is 0 Å². The maximum absolute atomic E-state index is 5.88. The largest absolute Gasteiger partial charge is 0.488 e. The van der Waals surface area contributed by atoms with Gasteiger partial charge in [0.25, 0.3) is 0 Å². The first kappa shape index (κ1) is 20.3. The second-order valence-corrected chi connectivity index (χ2v) is 7.57. The molecule has 2 nitrogen and oxygen atoms in total. The van der Waals surface area contributed by atoms with E-state index in [1.54, 1.807) is 0 Å². The summed E-state index contributed by atoms with van der Waals surface area (Å²) in [6.07, 6.45) is 0. The molecule has 0 spiro atoms. The van der Waals surface area contributed by atoms with E-state index >= 15 is 0 Å². The molecule has 0 fully saturated rings. The van der Waals surface area contributed by atoms with Gasteiger partial charge >= 0.3 is 0 Å². The van der Waals surface area contributed by atoms with Crippen molar-refractivity contribution in [2.45, 2.75) is 39.5 Å². The lowest BCUT2D eigenvalue weighted by Gasteiger charge is -2.20. The third-order valence-electron chi connectivity index (χ3n) is 3.13. The molecule has 5 heteroatoms. The van der Waals surface area contributed by atoms with Crippen molar-refractivity contribution in [2.75, 3.05) is 0 Å². The van der Waals surface area contributed by atoms with E-state index in [1.165, 1.54) is 5.56 Å². The van der Waals surface area contributed by atoms with Gasteiger partial charge in [0.2, 0.25) is 0 Å². The number of hydrogen-bond donors (Lipinski definition) is 1. The lowest BCUT2D eigenvalue weighted by Crippen LogP contribution is -2.35. The van der Waals surface area contributed by atoms with Crippen LogP contribution in [0.5, 0.6) is 5.75 Å². The van der Waals surface area contributed by atoms with Crippen LogP contribution in [0.3, 0.4) is 0 Å². The van der Waals surface area contributed by atoms with Gasteiger partial charge in [-0.3, -0.25) is 0 Å². The van der Waals surface area contributed by atoms with Crippen molar-refractivity contribution in [3.05, 3.63) is 63.1 Å². The second-order valence-electron chi connectivity index (χ2n) is 6.28. The van der Waals surface area contributed by atoms with Gasteiger partial charge in [-0.1, -0.05) is 29.8 Å². The van der Waals surface area contributed by atoms with Crippen molar-refractivity contribution in [2.24, 2.45) is 0 Å². The van der Waals surface area contributed by atoms with Crippen LogP contribution in [0.1, 0.15) is 31.9 Å². The molecule has 1 N–H and O–H groups in total. The maximum atomic E-state index is 5.88. The van der Waals surface area contributed by atoms with Crippen LogP contribution < -0.4 is 10.1 Å². The fourth-order valence-electron chi connectivity index (χ4n) is 1.88. The van der Waals surface area contributed by atoms with E-state index in [0.717, 1.165) is 27.4 Å². The quantitative estimate of drug-likeness (QED) is 0.643. The van der Waals surface area contributed by atoms with Crippen molar-refractivity contribution in [3.63, 3.8) is 0 Å². The Balaban J connectivity index is 0.00000264. The van der Waals surface area contributed by atoms with Crippen LogP contribution in [0, 0.1) is 0 Å². The zero-order valence-corrected chi connectivity index (χ0v) is 16.7. The molecular formula is C18H22BrCl2NO. The minimum atomic E-state index is 0. The Morgan fingerprint density at radius 2 is 1.65 bits per heavy atom. The smallest absolute Gasteiger partial charge is 0.134 e. The van der Waals surface area contributed by atoms with Gasteiger partial charge in [0, 0.05) is 17.1 Å². The summed E-state index contributed by atoms with van der Waals surface area (Å²) in [5.41, 5.74) is 2.42. The van der Waals surface area contributed by atoms with Crippen LogP contribution in [0.2, 0.25) is 5.02 Å². The summed E-state index contributed by atoms with van der Waals surface area (Å²) >= 11 is 9.46. The van der Waals surface area contributed by atoms with E-state index in [-0.39, 0.29) is 17.9 Å². The molecule has 0 amide bonds. The molecule has 0 aliphatic rings. The minimum absolute atomic E-state index is 0. The zero-order valence-electron chi connectivity index (χ0n) is 13.5. The highest BCUT2D eigenvalue weighted by atomic mass is 79.9. The Labute approximate surface area is 158 Å². The molecule has 0 aliphatic carbocycles. The van der Waals surface area contributed by atoms with E-state index in [0.29, 0.717) is 6.61 Å². The topological polar surface area (TPSA) is 21.3 Å². The Bertz CT molecular complexity index is 624. The van der Waals surface area contributed by atoms with Crippen LogP contribution in [0.15, 0.2) is 46.9 Å². The van der Waals surface area contributed by atoms with Gasteiger partial charge in [-0.15, -0.1) is 12.4 Å². The van der Waals surface area contributed by atoms with Crippen LogP contribution in [-0.4, -0.2) is 5.54 Å². The Kier molecular flexibility index (Phi) is 7.88. The second kappa shape index (κ2) is 8.93. The minimum Gasteiger partial charge on any atom is -0.488 e. The molecule has 0 aliphatic heterocycles. The molecule has 0 heterocycles. The molecule has 2 aromatic carbocycles. The van der Waals surface area contributed by atoms with E-state index < -0.39 is 0 Å². The van der Waals surface area contributed by atoms with Crippen LogP contribution in [-0.2, 0) is 13.2 Å². The summed E-state index contributed by atoms with van der Waals surface area (Å²) in [6, 6.07) is 13.9. The van der Waals surface area contributed by atoms with E-state index in [9.17, 15) is 0 Å². The summed E-state index contributed by atoms with van der Waals surface area (Å²) in [6.45, 7) is 7.83. The summed E-state index contributed by atoms with van der Waals surface area (Å²) in [7, 11) is 0. The number of halogens is 3. The summed E-state index contributed by atoms with van der Waals surface area (Å²) in [5, 5.41) is 4.21. The predicted molar refractivity (Wildman–Crippen MR) is 104 cm³/mol. The van der Waals surface area contributed by atoms with Crippen LogP contribution >= 0.6 is 39.9 Å². The molecule has 0 unspecified atom stereocenters. The molecule has 0 bridgehead atoms. The van der Waals surface area contributed by atoms with Gasteiger partial charge in [-0.05, 0) is 72.1 Å². The van der Waals surface area contributed by atoms with Crippen molar-refractivity contribution >= 4 is 39.9 Å². The van der Waals surface area contributed by atoms with Crippen molar-refractivity contribution < 1.29 is 4.74 Å². The highest BCUT2D eigenvalue weighted by molar-refractivity contribution is 9.10. The maximum Gasteiger partial charge on any atom is 0.134 e. The molecule has 0 saturated carbocycles. The fraction of sp³-hybridized carbons (Fsp3) is 0.333. The third-order valence-corrected chi connectivity index (χ3v) is 4.00. The lowest BCUT2D eigenvalue weighted by molar-refractivity contribution is 0.304. The van der Waals surface area contributed by atoms with Crippen molar-refractivity contribution in [1.82, 2.24) is 5.32 Å². The SMILES string of the molecule is CC(C)(C)NCc1ccc(OCc2ccc(Cl)cc2)c(Br)c1.Cl. The van der Waals surface area contributed by atoms with Crippen LogP contribution in [0.25, 0.3) is 0 Å². The van der Waals surface area contributed by atoms with E-state index in [4.69, 9.17) is 16.3 Å². The summed E-state index contributed by atoms with van der Waals surface area (Å²) < 4.78 is 6.82. The monoisotopic (exact) mass is 417 g/mol. The Hall–Kier alpha value is -0.740.